The van der Waals surface area contributed by atoms with Gasteiger partial charge in [0, 0.05) is 36.8 Å². The first-order valence-electron chi connectivity index (χ1n) is 8.46. The Balaban J connectivity index is 1.63. The third-order valence-corrected chi connectivity index (χ3v) is 5.07. The van der Waals surface area contributed by atoms with Crippen LogP contribution < -0.4 is 14.4 Å². The van der Waals surface area contributed by atoms with Crippen LogP contribution in [0.15, 0.2) is 48.0 Å². The highest BCUT2D eigenvalue weighted by atomic mass is 32.1. The lowest BCUT2D eigenvalue weighted by Gasteiger charge is -2.19. The number of anilines is 1. The first kappa shape index (κ1) is 18.8. The minimum Gasteiger partial charge on any atom is -0.493 e. The molecule has 3 rings (SSSR count). The zero-order valence-corrected chi connectivity index (χ0v) is 16.3. The summed E-state index contributed by atoms with van der Waals surface area (Å²) in [5, 5.41) is 2.85. The molecule has 0 aliphatic rings. The molecule has 0 saturated carbocycles. The van der Waals surface area contributed by atoms with E-state index < -0.39 is 0 Å². The highest BCUT2D eigenvalue weighted by molar-refractivity contribution is 7.13. The van der Waals surface area contributed by atoms with Crippen LogP contribution in [-0.4, -0.2) is 37.1 Å². The molecule has 0 saturated heterocycles. The number of pyridine rings is 1. The molecule has 0 aliphatic carbocycles. The predicted octanol–water partition coefficient (Wildman–Crippen LogP) is 3.82. The van der Waals surface area contributed by atoms with Crippen LogP contribution in [0.25, 0.3) is 10.7 Å². The Morgan fingerprint density at radius 2 is 1.96 bits per heavy atom. The van der Waals surface area contributed by atoms with E-state index in [0.717, 1.165) is 22.1 Å². The lowest BCUT2D eigenvalue weighted by atomic mass is 10.2. The van der Waals surface area contributed by atoms with Crippen LogP contribution in [0.1, 0.15) is 12.1 Å². The highest BCUT2D eigenvalue weighted by Gasteiger charge is 2.15. The first-order chi connectivity index (χ1) is 13.1. The lowest BCUT2D eigenvalue weighted by molar-refractivity contribution is -0.118. The first-order valence-corrected chi connectivity index (χ1v) is 9.34. The Hall–Kier alpha value is -2.93. The van der Waals surface area contributed by atoms with Crippen LogP contribution in [0.3, 0.4) is 0 Å². The largest absolute Gasteiger partial charge is 0.493 e. The number of hydrogen-bond donors (Lipinski definition) is 0. The van der Waals surface area contributed by atoms with E-state index in [-0.39, 0.29) is 5.91 Å². The SMILES string of the molecule is COc1ccc(N(C)C(=O)CCc2csc(-c3ccccn3)n2)cc1OC. The number of aromatic nitrogens is 2. The van der Waals surface area contributed by atoms with Gasteiger partial charge < -0.3 is 14.4 Å². The summed E-state index contributed by atoms with van der Waals surface area (Å²) in [5.74, 6) is 1.23. The Morgan fingerprint density at radius 1 is 1.15 bits per heavy atom. The van der Waals surface area contributed by atoms with Crippen LogP contribution >= 0.6 is 11.3 Å². The molecule has 1 amide bonds. The van der Waals surface area contributed by atoms with Gasteiger partial charge in [-0.3, -0.25) is 9.78 Å². The molecular formula is C20H21N3O3S. The lowest BCUT2D eigenvalue weighted by Crippen LogP contribution is -2.26. The van der Waals surface area contributed by atoms with Crippen LogP contribution in [0.5, 0.6) is 11.5 Å². The molecule has 27 heavy (non-hydrogen) atoms. The summed E-state index contributed by atoms with van der Waals surface area (Å²) in [4.78, 5) is 23.1. The average molecular weight is 383 g/mol. The number of amides is 1. The van der Waals surface area contributed by atoms with E-state index in [1.807, 2.05) is 29.6 Å². The molecule has 1 aromatic carbocycles. The maximum atomic E-state index is 12.6. The fourth-order valence-electron chi connectivity index (χ4n) is 2.61. The van der Waals surface area contributed by atoms with Gasteiger partial charge >= 0.3 is 0 Å². The van der Waals surface area contributed by atoms with Crippen LogP contribution in [0.2, 0.25) is 0 Å². The van der Waals surface area contributed by atoms with Gasteiger partial charge in [-0.05, 0) is 30.7 Å². The molecule has 3 aromatic rings. The van der Waals surface area contributed by atoms with E-state index in [1.165, 1.54) is 11.3 Å². The second-order valence-electron chi connectivity index (χ2n) is 5.85. The number of rotatable bonds is 7. The molecular weight excluding hydrogens is 362 g/mol. The molecule has 140 valence electrons. The Kier molecular flexibility index (Phi) is 6.03. The van der Waals surface area contributed by atoms with Crippen molar-refractivity contribution in [2.24, 2.45) is 0 Å². The molecule has 0 fully saturated rings. The Bertz CT molecular complexity index is 912. The number of nitrogens with zero attached hydrogens (tertiary/aromatic N) is 3. The summed E-state index contributed by atoms with van der Waals surface area (Å²) in [7, 11) is 4.91. The van der Waals surface area contributed by atoms with Crippen molar-refractivity contribution in [3.8, 4) is 22.2 Å². The van der Waals surface area contributed by atoms with Crippen molar-refractivity contribution in [1.29, 1.82) is 0 Å². The maximum absolute atomic E-state index is 12.6. The molecule has 0 radical (unpaired) electrons. The summed E-state index contributed by atoms with van der Waals surface area (Å²) < 4.78 is 10.5. The van der Waals surface area contributed by atoms with Gasteiger partial charge in [0.05, 0.1) is 25.6 Å². The smallest absolute Gasteiger partial charge is 0.227 e. The second kappa shape index (κ2) is 8.64. The minimum absolute atomic E-state index is 0.00889. The number of benzene rings is 1. The number of ether oxygens (including phenoxy) is 2. The van der Waals surface area contributed by atoms with Crippen molar-refractivity contribution in [3.05, 3.63) is 53.7 Å². The maximum Gasteiger partial charge on any atom is 0.227 e. The van der Waals surface area contributed by atoms with Gasteiger partial charge in [0.1, 0.15) is 5.01 Å². The third-order valence-electron chi connectivity index (χ3n) is 4.16. The molecule has 2 heterocycles. The van der Waals surface area contributed by atoms with Gasteiger partial charge in [-0.25, -0.2) is 4.98 Å². The standard InChI is InChI=1S/C20H21N3O3S/c1-23(15-8-9-17(25-2)18(12-15)26-3)19(24)10-7-14-13-27-20(22-14)16-6-4-5-11-21-16/h4-6,8-9,11-13H,7,10H2,1-3H3. The van der Waals surface area contributed by atoms with Crippen molar-refractivity contribution < 1.29 is 14.3 Å². The van der Waals surface area contributed by atoms with Crippen molar-refractivity contribution in [3.63, 3.8) is 0 Å². The van der Waals surface area contributed by atoms with Crippen LogP contribution in [0, 0.1) is 0 Å². The molecule has 7 heteroatoms. The fourth-order valence-corrected chi connectivity index (χ4v) is 3.44. The van der Waals surface area contributed by atoms with Crippen LogP contribution in [0.4, 0.5) is 5.69 Å². The van der Waals surface area contributed by atoms with E-state index in [4.69, 9.17) is 9.47 Å². The summed E-state index contributed by atoms with van der Waals surface area (Å²) in [6.45, 7) is 0. The van der Waals surface area contributed by atoms with Gasteiger partial charge in [-0.1, -0.05) is 6.07 Å². The number of aryl methyl sites for hydroxylation is 1. The molecule has 0 atom stereocenters. The van der Waals surface area contributed by atoms with E-state index in [1.54, 1.807) is 44.5 Å². The van der Waals surface area contributed by atoms with Crippen molar-refractivity contribution in [2.45, 2.75) is 12.8 Å². The number of thiazole rings is 1. The summed E-state index contributed by atoms with van der Waals surface area (Å²) in [5.41, 5.74) is 2.50. The van der Waals surface area contributed by atoms with Gasteiger partial charge in [0.15, 0.2) is 11.5 Å². The number of carbonyl (C=O) groups excluding carboxylic acids is 1. The van der Waals surface area contributed by atoms with E-state index in [0.29, 0.717) is 24.3 Å². The Labute approximate surface area is 162 Å². The van der Waals surface area contributed by atoms with Crippen molar-refractivity contribution in [1.82, 2.24) is 9.97 Å². The molecule has 6 nitrogen and oxygen atoms in total. The van der Waals surface area contributed by atoms with Crippen molar-refractivity contribution in [2.75, 3.05) is 26.2 Å². The van der Waals surface area contributed by atoms with Gasteiger partial charge in [-0.15, -0.1) is 11.3 Å². The number of hydrogen-bond acceptors (Lipinski definition) is 6. The molecule has 0 spiro atoms. The number of methoxy groups -OCH3 is 2. The second-order valence-corrected chi connectivity index (χ2v) is 6.71. The zero-order valence-electron chi connectivity index (χ0n) is 15.5. The van der Waals surface area contributed by atoms with E-state index >= 15 is 0 Å². The molecule has 2 aromatic heterocycles. The van der Waals surface area contributed by atoms with Crippen molar-refractivity contribution >= 4 is 22.9 Å². The monoisotopic (exact) mass is 383 g/mol. The Morgan fingerprint density at radius 3 is 2.67 bits per heavy atom. The molecule has 0 bridgehead atoms. The van der Waals surface area contributed by atoms with Crippen LogP contribution in [-0.2, 0) is 11.2 Å². The minimum atomic E-state index is 0.00889. The highest BCUT2D eigenvalue weighted by Crippen LogP contribution is 2.31. The van der Waals surface area contributed by atoms with Gasteiger partial charge in [0.2, 0.25) is 5.91 Å². The molecule has 0 unspecified atom stereocenters. The predicted molar refractivity (Wildman–Crippen MR) is 107 cm³/mol. The number of carbonyl (C=O) groups is 1. The van der Waals surface area contributed by atoms with Gasteiger partial charge in [-0.2, -0.15) is 0 Å². The normalized spacial score (nSPS) is 10.5. The summed E-state index contributed by atoms with van der Waals surface area (Å²) in [6.07, 6.45) is 2.70. The van der Waals surface area contributed by atoms with Gasteiger partial charge in [0.25, 0.3) is 0 Å². The third kappa shape index (κ3) is 4.43. The zero-order chi connectivity index (χ0) is 19.2. The quantitative estimate of drug-likeness (QED) is 0.621. The average Bonchev–Trinajstić information content (AvgIpc) is 3.20. The fraction of sp³-hybridized carbons (Fsp3) is 0.250. The topological polar surface area (TPSA) is 64.5 Å². The molecule has 0 aliphatic heterocycles. The van der Waals surface area contributed by atoms with E-state index in [9.17, 15) is 4.79 Å². The summed E-state index contributed by atoms with van der Waals surface area (Å²) >= 11 is 1.54. The molecule has 0 N–H and O–H groups in total. The summed E-state index contributed by atoms with van der Waals surface area (Å²) in [6, 6.07) is 11.2. The van der Waals surface area contributed by atoms with E-state index in [2.05, 4.69) is 9.97 Å².